The Morgan fingerprint density at radius 1 is 0.900 bits per heavy atom. The number of benzene rings is 2. The SMILES string of the molecule is CCCCC(=O)Nc1ccccc1CC(=O)Sc1ccccc1NC(=O)C(C)(C)C. The van der Waals surface area contributed by atoms with Gasteiger partial charge in [-0.25, -0.2) is 0 Å². The summed E-state index contributed by atoms with van der Waals surface area (Å²) in [4.78, 5) is 37.9. The highest BCUT2D eigenvalue weighted by Crippen LogP contribution is 2.30. The molecule has 160 valence electrons. The maximum Gasteiger partial charge on any atom is 0.229 e. The second-order valence-corrected chi connectivity index (χ2v) is 9.26. The van der Waals surface area contributed by atoms with E-state index < -0.39 is 5.41 Å². The number of hydrogen-bond acceptors (Lipinski definition) is 4. The zero-order chi connectivity index (χ0) is 22.1. The maximum absolute atomic E-state index is 12.8. The van der Waals surface area contributed by atoms with E-state index in [0.717, 1.165) is 30.2 Å². The van der Waals surface area contributed by atoms with E-state index in [0.29, 0.717) is 22.7 Å². The Bertz CT molecular complexity index is 903. The van der Waals surface area contributed by atoms with Crippen LogP contribution in [0.5, 0.6) is 0 Å². The number of thioether (sulfide) groups is 1. The van der Waals surface area contributed by atoms with Crippen LogP contribution in [0.3, 0.4) is 0 Å². The van der Waals surface area contributed by atoms with Gasteiger partial charge in [0.05, 0.1) is 5.69 Å². The van der Waals surface area contributed by atoms with E-state index in [4.69, 9.17) is 0 Å². The average molecular weight is 427 g/mol. The van der Waals surface area contributed by atoms with Crippen LogP contribution in [0.25, 0.3) is 0 Å². The van der Waals surface area contributed by atoms with Gasteiger partial charge in [-0.05, 0) is 41.9 Å². The van der Waals surface area contributed by atoms with Gasteiger partial charge in [0.25, 0.3) is 0 Å². The molecule has 2 rings (SSSR count). The lowest BCUT2D eigenvalue weighted by molar-refractivity contribution is -0.123. The third-order valence-corrected chi connectivity index (χ3v) is 5.37. The predicted molar refractivity (Wildman–Crippen MR) is 124 cm³/mol. The molecule has 2 amide bonds. The van der Waals surface area contributed by atoms with Gasteiger partial charge in [0.1, 0.15) is 0 Å². The molecule has 2 aromatic carbocycles. The number of rotatable bonds is 8. The first-order valence-corrected chi connectivity index (χ1v) is 11.0. The van der Waals surface area contributed by atoms with Gasteiger partial charge in [-0.2, -0.15) is 0 Å². The number of hydrogen-bond donors (Lipinski definition) is 2. The number of para-hydroxylation sites is 2. The lowest BCUT2D eigenvalue weighted by Crippen LogP contribution is -2.27. The van der Waals surface area contributed by atoms with Crippen LogP contribution in [0.15, 0.2) is 53.4 Å². The van der Waals surface area contributed by atoms with Crippen molar-refractivity contribution in [1.29, 1.82) is 0 Å². The zero-order valence-corrected chi connectivity index (χ0v) is 18.9. The van der Waals surface area contributed by atoms with Crippen molar-refractivity contribution in [3.63, 3.8) is 0 Å². The zero-order valence-electron chi connectivity index (χ0n) is 18.1. The molecule has 0 spiro atoms. The summed E-state index contributed by atoms with van der Waals surface area (Å²) in [5.41, 5.74) is 1.53. The number of unbranched alkanes of at least 4 members (excludes halogenated alkanes) is 1. The first kappa shape index (κ1) is 23.7. The van der Waals surface area contributed by atoms with Gasteiger partial charge in [0.15, 0.2) is 5.12 Å². The van der Waals surface area contributed by atoms with Crippen LogP contribution in [0, 0.1) is 5.41 Å². The minimum atomic E-state index is -0.531. The molecule has 0 saturated carbocycles. The van der Waals surface area contributed by atoms with Gasteiger partial charge in [-0.1, -0.05) is 64.4 Å². The molecule has 5 nitrogen and oxygen atoms in total. The fraction of sp³-hybridized carbons (Fsp3) is 0.375. The Morgan fingerprint density at radius 2 is 1.53 bits per heavy atom. The van der Waals surface area contributed by atoms with Crippen LogP contribution >= 0.6 is 11.8 Å². The van der Waals surface area contributed by atoms with Crippen molar-refractivity contribution in [2.75, 3.05) is 10.6 Å². The number of nitrogens with one attached hydrogen (secondary N) is 2. The van der Waals surface area contributed by atoms with Crippen molar-refractivity contribution < 1.29 is 14.4 Å². The lowest BCUT2D eigenvalue weighted by atomic mass is 9.95. The van der Waals surface area contributed by atoms with E-state index in [9.17, 15) is 14.4 Å². The van der Waals surface area contributed by atoms with Gasteiger partial charge in [0, 0.05) is 28.8 Å². The molecule has 0 aliphatic heterocycles. The molecular weight excluding hydrogens is 396 g/mol. The third kappa shape index (κ3) is 7.34. The van der Waals surface area contributed by atoms with Crippen LogP contribution in [0.4, 0.5) is 11.4 Å². The highest BCUT2D eigenvalue weighted by molar-refractivity contribution is 8.13. The summed E-state index contributed by atoms with van der Waals surface area (Å²) in [5, 5.41) is 5.75. The molecule has 0 aromatic heterocycles. The largest absolute Gasteiger partial charge is 0.326 e. The smallest absolute Gasteiger partial charge is 0.229 e. The number of carbonyl (C=O) groups is 3. The predicted octanol–water partition coefficient (Wildman–Crippen LogP) is 5.66. The minimum Gasteiger partial charge on any atom is -0.326 e. The van der Waals surface area contributed by atoms with E-state index in [1.165, 1.54) is 0 Å². The van der Waals surface area contributed by atoms with E-state index in [2.05, 4.69) is 10.6 Å². The molecule has 0 saturated heterocycles. The lowest BCUT2D eigenvalue weighted by Gasteiger charge is -2.19. The molecule has 30 heavy (non-hydrogen) atoms. The van der Waals surface area contributed by atoms with E-state index in [1.807, 2.05) is 70.2 Å². The van der Waals surface area contributed by atoms with E-state index in [1.54, 1.807) is 6.07 Å². The van der Waals surface area contributed by atoms with Crippen LogP contribution in [-0.2, 0) is 20.8 Å². The van der Waals surface area contributed by atoms with Gasteiger partial charge in [-0.3, -0.25) is 14.4 Å². The fourth-order valence-electron chi connectivity index (χ4n) is 2.63. The molecular formula is C24H30N2O3S. The second-order valence-electron chi connectivity index (χ2n) is 8.16. The number of amides is 2. The molecule has 0 unspecified atom stereocenters. The van der Waals surface area contributed by atoms with Crippen molar-refractivity contribution in [2.45, 2.75) is 58.3 Å². The molecule has 2 aromatic rings. The van der Waals surface area contributed by atoms with Gasteiger partial charge < -0.3 is 10.6 Å². The van der Waals surface area contributed by atoms with E-state index in [-0.39, 0.29) is 23.4 Å². The maximum atomic E-state index is 12.8. The normalized spacial score (nSPS) is 11.1. The first-order valence-electron chi connectivity index (χ1n) is 10.2. The molecule has 0 aliphatic rings. The number of carbonyl (C=O) groups excluding carboxylic acids is 3. The summed E-state index contributed by atoms with van der Waals surface area (Å²) in [6.07, 6.45) is 2.43. The van der Waals surface area contributed by atoms with Crippen molar-refractivity contribution >= 4 is 40.1 Å². The molecule has 2 N–H and O–H groups in total. The van der Waals surface area contributed by atoms with Gasteiger partial charge >= 0.3 is 0 Å². The monoisotopic (exact) mass is 426 g/mol. The highest BCUT2D eigenvalue weighted by Gasteiger charge is 2.22. The topological polar surface area (TPSA) is 75.3 Å². The summed E-state index contributed by atoms with van der Waals surface area (Å²) in [6, 6.07) is 14.6. The summed E-state index contributed by atoms with van der Waals surface area (Å²) >= 11 is 1.09. The third-order valence-electron chi connectivity index (χ3n) is 4.42. The Balaban J connectivity index is 2.09. The number of anilines is 2. The Morgan fingerprint density at radius 3 is 2.20 bits per heavy atom. The molecule has 0 aliphatic carbocycles. The first-order chi connectivity index (χ1) is 14.2. The fourth-order valence-corrected chi connectivity index (χ4v) is 3.48. The van der Waals surface area contributed by atoms with Crippen LogP contribution in [-0.4, -0.2) is 16.9 Å². The molecule has 0 atom stereocenters. The van der Waals surface area contributed by atoms with Crippen molar-refractivity contribution in [2.24, 2.45) is 5.41 Å². The van der Waals surface area contributed by atoms with Crippen LogP contribution in [0.2, 0.25) is 0 Å². The molecule has 6 heteroatoms. The molecule has 0 radical (unpaired) electrons. The molecule has 0 fully saturated rings. The van der Waals surface area contributed by atoms with Crippen molar-refractivity contribution in [3.05, 3.63) is 54.1 Å². The van der Waals surface area contributed by atoms with Crippen LogP contribution < -0.4 is 10.6 Å². The molecule has 0 bridgehead atoms. The van der Waals surface area contributed by atoms with E-state index >= 15 is 0 Å². The van der Waals surface area contributed by atoms with Gasteiger partial charge in [-0.15, -0.1) is 0 Å². The van der Waals surface area contributed by atoms with Crippen LogP contribution in [0.1, 0.15) is 52.5 Å². The Labute approximate surface area is 183 Å². The van der Waals surface area contributed by atoms with Crippen molar-refractivity contribution in [1.82, 2.24) is 0 Å². The quantitative estimate of drug-likeness (QED) is 0.534. The molecule has 0 heterocycles. The highest BCUT2D eigenvalue weighted by atomic mass is 32.2. The summed E-state index contributed by atoms with van der Waals surface area (Å²) < 4.78 is 0. The van der Waals surface area contributed by atoms with Crippen molar-refractivity contribution in [3.8, 4) is 0 Å². The minimum absolute atomic E-state index is 0.0420. The summed E-state index contributed by atoms with van der Waals surface area (Å²) in [5.74, 6) is -0.150. The standard InChI is InChI=1S/C24H30N2O3S/c1-5-6-15-21(27)25-18-12-8-7-11-17(18)16-22(28)30-20-14-10-9-13-19(20)26-23(29)24(2,3)4/h7-14H,5-6,15-16H2,1-4H3,(H,25,27)(H,26,29). The Kier molecular flexibility index (Phi) is 8.66. The van der Waals surface area contributed by atoms with Gasteiger partial charge in [0.2, 0.25) is 11.8 Å². The summed E-state index contributed by atoms with van der Waals surface area (Å²) in [6.45, 7) is 7.57. The summed E-state index contributed by atoms with van der Waals surface area (Å²) in [7, 11) is 0. The second kappa shape index (κ2) is 11.0. The Hall–Kier alpha value is -2.60. The average Bonchev–Trinajstić information content (AvgIpc) is 2.68.